The van der Waals surface area contributed by atoms with E-state index in [-0.39, 0.29) is 18.2 Å². The molecule has 2 bridgehead atoms. The maximum absolute atomic E-state index is 9.87. The zero-order valence-corrected chi connectivity index (χ0v) is 7.78. The van der Waals surface area contributed by atoms with E-state index in [9.17, 15) is 5.11 Å². The van der Waals surface area contributed by atoms with E-state index in [4.69, 9.17) is 9.47 Å². The van der Waals surface area contributed by atoms with Crippen LogP contribution in [0.5, 0.6) is 0 Å². The van der Waals surface area contributed by atoms with Crippen LogP contribution in [0.2, 0.25) is 0 Å². The maximum atomic E-state index is 9.87. The minimum atomic E-state index is -0.438. The highest BCUT2D eigenvalue weighted by Crippen LogP contribution is 2.45. The normalized spacial score (nSPS) is 57.9. The molecule has 0 spiro atoms. The summed E-state index contributed by atoms with van der Waals surface area (Å²) in [6, 6.07) is 0.0381. The molecule has 2 rings (SSSR count). The molecule has 0 aliphatic carbocycles. The highest BCUT2D eigenvalue weighted by molar-refractivity contribution is 6.11. The molecule has 0 aromatic rings. The second-order valence-electron chi connectivity index (χ2n) is 3.82. The van der Waals surface area contributed by atoms with Gasteiger partial charge in [0.05, 0.1) is 12.1 Å². The van der Waals surface area contributed by atoms with Gasteiger partial charge >= 0.3 is 0 Å². The van der Waals surface area contributed by atoms with Gasteiger partial charge in [0.15, 0.2) is 0 Å². The van der Waals surface area contributed by atoms with Gasteiger partial charge in [-0.15, -0.1) is 0 Å². The fourth-order valence-corrected chi connectivity index (χ4v) is 2.47. The van der Waals surface area contributed by atoms with Gasteiger partial charge < -0.3 is 14.6 Å². The zero-order chi connectivity index (χ0) is 8.93. The van der Waals surface area contributed by atoms with E-state index < -0.39 is 11.7 Å². The van der Waals surface area contributed by atoms with E-state index in [1.54, 1.807) is 0 Å². The third-order valence-electron chi connectivity index (χ3n) is 3.28. The Bertz CT molecular complexity index is 199. The van der Waals surface area contributed by atoms with Gasteiger partial charge in [0.25, 0.3) is 0 Å². The quantitative estimate of drug-likeness (QED) is 0.527. The van der Waals surface area contributed by atoms with Crippen LogP contribution in [-0.2, 0) is 9.47 Å². The van der Waals surface area contributed by atoms with E-state index in [1.165, 1.54) is 0 Å². The summed E-state index contributed by atoms with van der Waals surface area (Å²) >= 11 is 0. The molecule has 2 heterocycles. The van der Waals surface area contributed by atoms with Crippen LogP contribution in [0.3, 0.4) is 0 Å². The van der Waals surface area contributed by atoms with Crippen molar-refractivity contribution in [3.63, 3.8) is 0 Å². The van der Waals surface area contributed by atoms with Crippen LogP contribution >= 0.6 is 0 Å². The van der Waals surface area contributed by atoms with Crippen LogP contribution in [0.25, 0.3) is 0 Å². The molecule has 1 N–H and O–H groups in total. The van der Waals surface area contributed by atoms with E-state index >= 15 is 0 Å². The molecule has 12 heavy (non-hydrogen) atoms. The summed E-state index contributed by atoms with van der Waals surface area (Å²) in [5.41, 5.74) is -0.427. The number of hydrogen-bond donors (Lipinski definition) is 1. The maximum Gasteiger partial charge on any atom is 0.142 e. The molecule has 0 aromatic heterocycles. The number of fused-ring (bicyclic) bond motifs is 2. The number of aliphatic hydroxyl groups excluding tert-OH is 1. The first-order valence-electron chi connectivity index (χ1n) is 4.63. The summed E-state index contributed by atoms with van der Waals surface area (Å²) in [6.07, 6.45) is 0.294. The zero-order valence-electron chi connectivity index (χ0n) is 7.78. The van der Waals surface area contributed by atoms with Crippen molar-refractivity contribution >= 4 is 7.85 Å². The summed E-state index contributed by atoms with van der Waals surface area (Å²) in [5, 5.41) is 9.87. The Hall–Kier alpha value is -0.0551. The molecular formula is C8H15BO3. The summed E-state index contributed by atoms with van der Waals surface area (Å²) in [6.45, 7) is 4.00. The minimum Gasteiger partial charge on any atom is -0.387 e. The third kappa shape index (κ3) is 0.780. The minimum absolute atomic E-state index is 0.0266. The van der Waals surface area contributed by atoms with Crippen molar-refractivity contribution in [3.8, 4) is 0 Å². The number of hydrogen-bond acceptors (Lipinski definition) is 3. The first kappa shape index (κ1) is 8.54. The van der Waals surface area contributed by atoms with Crippen LogP contribution in [0.15, 0.2) is 0 Å². The first-order chi connectivity index (χ1) is 5.62. The van der Waals surface area contributed by atoms with Crippen LogP contribution < -0.4 is 0 Å². The molecular weight excluding hydrogens is 155 g/mol. The third-order valence-corrected chi connectivity index (χ3v) is 3.28. The van der Waals surface area contributed by atoms with Gasteiger partial charge in [-0.05, 0) is 13.3 Å². The Kier molecular flexibility index (Phi) is 1.76. The van der Waals surface area contributed by atoms with Gasteiger partial charge in [-0.3, -0.25) is 0 Å². The predicted molar refractivity (Wildman–Crippen MR) is 46.8 cm³/mol. The Labute approximate surface area is 73.5 Å². The summed E-state index contributed by atoms with van der Waals surface area (Å²) in [4.78, 5) is 0. The Morgan fingerprint density at radius 3 is 2.58 bits per heavy atom. The monoisotopic (exact) mass is 170 g/mol. The Morgan fingerprint density at radius 2 is 2.25 bits per heavy atom. The molecule has 3 nitrogen and oxygen atoms in total. The van der Waals surface area contributed by atoms with Gasteiger partial charge in [-0.1, -0.05) is 6.92 Å². The lowest BCUT2D eigenvalue weighted by Crippen LogP contribution is -2.46. The van der Waals surface area contributed by atoms with Crippen molar-refractivity contribution in [2.75, 3.05) is 0 Å². The molecule has 2 saturated heterocycles. The average Bonchev–Trinajstić information content (AvgIpc) is 2.41. The van der Waals surface area contributed by atoms with Gasteiger partial charge in [-0.2, -0.15) is 0 Å². The fourth-order valence-electron chi connectivity index (χ4n) is 2.47. The van der Waals surface area contributed by atoms with Gasteiger partial charge in [0, 0.05) is 0 Å². The van der Waals surface area contributed by atoms with Crippen molar-refractivity contribution < 1.29 is 14.6 Å². The van der Waals surface area contributed by atoms with Gasteiger partial charge in [0.2, 0.25) is 0 Å². The molecule has 2 fully saturated rings. The van der Waals surface area contributed by atoms with Gasteiger partial charge in [0.1, 0.15) is 25.7 Å². The van der Waals surface area contributed by atoms with Crippen molar-refractivity contribution in [2.24, 2.45) is 0 Å². The van der Waals surface area contributed by atoms with Crippen LogP contribution in [0, 0.1) is 0 Å². The smallest absolute Gasteiger partial charge is 0.142 e. The summed E-state index contributed by atoms with van der Waals surface area (Å²) in [5.74, 6) is 0. The topological polar surface area (TPSA) is 38.7 Å². The van der Waals surface area contributed by atoms with Crippen molar-refractivity contribution in [3.05, 3.63) is 0 Å². The average molecular weight is 170 g/mol. The van der Waals surface area contributed by atoms with Crippen LogP contribution in [-0.4, -0.2) is 42.9 Å². The second-order valence-corrected chi connectivity index (χ2v) is 3.82. The molecule has 0 amide bonds. The summed E-state index contributed by atoms with van der Waals surface area (Å²) < 4.78 is 11.4. The molecule has 2 aliphatic heterocycles. The van der Waals surface area contributed by atoms with Crippen molar-refractivity contribution in [1.29, 1.82) is 0 Å². The fraction of sp³-hybridized carbons (Fsp3) is 1.00. The molecule has 0 saturated carbocycles. The number of ether oxygens (including phenoxy) is 2. The molecule has 2 aliphatic rings. The molecule has 1 unspecified atom stereocenters. The number of aliphatic hydroxyl groups is 1. The van der Waals surface area contributed by atoms with Crippen LogP contribution in [0.1, 0.15) is 20.3 Å². The lowest BCUT2D eigenvalue weighted by Gasteiger charge is -2.34. The largest absolute Gasteiger partial charge is 0.387 e. The van der Waals surface area contributed by atoms with Crippen LogP contribution in [0.4, 0.5) is 0 Å². The SMILES string of the molecule is B[C@@H]1O[C@@]2(CC)C(C)O[C@@H]1[C@@H]2O. The standard InChI is InChI=1S/C8H15BO3/c1-3-8-4(2)11-5(6(8)10)7(9)12-8/h4-7,10H,3,9H2,1-2H3/t4?,5-,6+,7-,8+/m1/s1. The number of rotatable bonds is 1. The Morgan fingerprint density at radius 1 is 1.58 bits per heavy atom. The van der Waals surface area contributed by atoms with E-state index in [2.05, 4.69) is 0 Å². The summed E-state index contributed by atoms with van der Waals surface area (Å²) in [7, 11) is 1.96. The van der Waals surface area contributed by atoms with E-state index in [0.29, 0.717) is 0 Å². The molecule has 5 atom stereocenters. The van der Waals surface area contributed by atoms with Crippen molar-refractivity contribution in [2.45, 2.75) is 50.2 Å². The highest BCUT2D eigenvalue weighted by atomic mass is 16.6. The van der Waals surface area contributed by atoms with E-state index in [0.717, 1.165) is 6.42 Å². The lowest BCUT2D eigenvalue weighted by atomic mass is 9.89. The predicted octanol–water partition coefficient (Wildman–Crippen LogP) is -0.727. The lowest BCUT2D eigenvalue weighted by molar-refractivity contribution is -0.158. The Balaban J connectivity index is 2.30. The van der Waals surface area contributed by atoms with Gasteiger partial charge in [-0.25, -0.2) is 0 Å². The van der Waals surface area contributed by atoms with E-state index in [1.807, 2.05) is 21.7 Å². The second kappa shape index (κ2) is 2.47. The molecule has 0 aromatic carbocycles. The van der Waals surface area contributed by atoms with Crippen molar-refractivity contribution in [1.82, 2.24) is 0 Å². The molecule has 0 radical (unpaired) electrons. The first-order valence-corrected chi connectivity index (χ1v) is 4.63. The highest BCUT2D eigenvalue weighted by Gasteiger charge is 2.62. The molecule has 4 heteroatoms. The molecule has 68 valence electrons.